The van der Waals surface area contributed by atoms with Crippen LogP contribution in [0.1, 0.15) is 0 Å². The highest BCUT2D eigenvalue weighted by atomic mass is 35.5. The molecule has 0 fully saturated rings. The highest BCUT2D eigenvalue weighted by Gasteiger charge is 2.06. The van der Waals surface area contributed by atoms with E-state index in [1.54, 1.807) is 12.1 Å². The first-order chi connectivity index (χ1) is 6.72. The molecule has 1 aromatic heterocycles. The number of phenols is 1. The van der Waals surface area contributed by atoms with Gasteiger partial charge in [-0.15, -0.1) is 0 Å². The van der Waals surface area contributed by atoms with Crippen molar-refractivity contribution < 1.29 is 5.11 Å². The van der Waals surface area contributed by atoms with E-state index in [2.05, 4.69) is 0 Å². The molecular formula is C10H11ClN2O. The molecule has 14 heavy (non-hydrogen) atoms. The van der Waals surface area contributed by atoms with Gasteiger partial charge in [-0.1, -0.05) is 11.6 Å². The van der Waals surface area contributed by atoms with Crippen molar-refractivity contribution in [1.82, 2.24) is 4.57 Å². The molecule has 0 aliphatic heterocycles. The molecule has 3 N–H and O–H groups in total. The number of phenolic OH excluding ortho intramolecular Hbond substituents is 1. The second-order valence-electron chi connectivity index (χ2n) is 3.15. The molecule has 0 unspecified atom stereocenters. The minimum Gasteiger partial charge on any atom is -0.508 e. The quantitative estimate of drug-likeness (QED) is 0.796. The van der Waals surface area contributed by atoms with Crippen LogP contribution in [0.4, 0.5) is 0 Å². The molecule has 4 heteroatoms. The van der Waals surface area contributed by atoms with Gasteiger partial charge in [-0.25, -0.2) is 0 Å². The van der Waals surface area contributed by atoms with Crippen molar-refractivity contribution in [3.8, 4) is 5.75 Å². The average Bonchev–Trinajstić information content (AvgIpc) is 2.43. The van der Waals surface area contributed by atoms with Gasteiger partial charge < -0.3 is 15.4 Å². The lowest BCUT2D eigenvalue weighted by Crippen LogP contribution is -2.09. The van der Waals surface area contributed by atoms with Crippen LogP contribution in [0.25, 0.3) is 10.9 Å². The standard InChI is InChI=1S/C10H11ClN2O/c11-10-6-7-5-8(14)1-2-9(7)13(10)4-3-12/h1-2,5-6,14H,3-4,12H2. The highest BCUT2D eigenvalue weighted by Crippen LogP contribution is 2.26. The Morgan fingerprint density at radius 2 is 2.14 bits per heavy atom. The zero-order valence-corrected chi connectivity index (χ0v) is 8.33. The number of benzene rings is 1. The number of nitrogens with zero attached hydrogens (tertiary/aromatic N) is 1. The number of hydrogen-bond acceptors (Lipinski definition) is 2. The molecule has 2 rings (SSSR count). The second-order valence-corrected chi connectivity index (χ2v) is 3.54. The summed E-state index contributed by atoms with van der Waals surface area (Å²) in [4.78, 5) is 0. The molecule has 0 aliphatic rings. The molecule has 3 nitrogen and oxygen atoms in total. The van der Waals surface area contributed by atoms with Crippen molar-refractivity contribution in [3.63, 3.8) is 0 Å². The van der Waals surface area contributed by atoms with Crippen molar-refractivity contribution in [2.75, 3.05) is 6.54 Å². The van der Waals surface area contributed by atoms with Crippen LogP contribution in [0.15, 0.2) is 24.3 Å². The van der Waals surface area contributed by atoms with Crippen LogP contribution in [0.2, 0.25) is 5.15 Å². The maximum Gasteiger partial charge on any atom is 0.116 e. The Morgan fingerprint density at radius 3 is 2.86 bits per heavy atom. The summed E-state index contributed by atoms with van der Waals surface area (Å²) < 4.78 is 1.93. The summed E-state index contributed by atoms with van der Waals surface area (Å²) in [6.45, 7) is 1.23. The normalized spacial score (nSPS) is 11.0. The molecule has 0 atom stereocenters. The number of hydrogen-bond donors (Lipinski definition) is 2. The van der Waals surface area contributed by atoms with Crippen LogP contribution in [-0.2, 0) is 6.54 Å². The Kier molecular flexibility index (Phi) is 2.35. The van der Waals surface area contributed by atoms with Crippen molar-refractivity contribution in [2.45, 2.75) is 6.54 Å². The largest absolute Gasteiger partial charge is 0.508 e. The van der Waals surface area contributed by atoms with E-state index in [0.717, 1.165) is 10.9 Å². The molecule has 0 saturated carbocycles. The highest BCUT2D eigenvalue weighted by molar-refractivity contribution is 6.31. The number of rotatable bonds is 2. The number of aromatic nitrogens is 1. The maximum absolute atomic E-state index is 9.28. The molecule has 0 saturated heterocycles. The van der Waals surface area contributed by atoms with E-state index < -0.39 is 0 Å². The number of nitrogens with two attached hydrogens (primary N) is 1. The number of aromatic hydroxyl groups is 1. The predicted molar refractivity (Wildman–Crippen MR) is 57.7 cm³/mol. The first kappa shape index (κ1) is 9.37. The van der Waals surface area contributed by atoms with Gasteiger partial charge in [-0.3, -0.25) is 0 Å². The maximum atomic E-state index is 9.28. The van der Waals surface area contributed by atoms with Crippen LogP contribution in [0, 0.1) is 0 Å². The molecule has 0 radical (unpaired) electrons. The minimum atomic E-state index is 0.249. The van der Waals surface area contributed by atoms with Crippen LogP contribution in [0.5, 0.6) is 5.75 Å². The molecule has 0 spiro atoms. The van der Waals surface area contributed by atoms with Crippen molar-refractivity contribution in [1.29, 1.82) is 0 Å². The van der Waals surface area contributed by atoms with Crippen molar-refractivity contribution >= 4 is 22.5 Å². The van der Waals surface area contributed by atoms with Gasteiger partial charge >= 0.3 is 0 Å². The van der Waals surface area contributed by atoms with E-state index in [0.29, 0.717) is 18.2 Å². The average molecular weight is 211 g/mol. The summed E-state index contributed by atoms with van der Waals surface area (Å²) in [5, 5.41) is 10.9. The van der Waals surface area contributed by atoms with E-state index in [1.165, 1.54) is 0 Å². The van der Waals surface area contributed by atoms with Crippen molar-refractivity contribution in [3.05, 3.63) is 29.4 Å². The van der Waals surface area contributed by atoms with Crippen LogP contribution >= 0.6 is 11.6 Å². The molecule has 0 amide bonds. The lowest BCUT2D eigenvalue weighted by Gasteiger charge is -2.04. The Bertz CT molecular complexity index is 464. The zero-order chi connectivity index (χ0) is 10.1. The fraction of sp³-hybridized carbons (Fsp3) is 0.200. The third kappa shape index (κ3) is 1.45. The first-order valence-electron chi connectivity index (χ1n) is 4.40. The summed E-state index contributed by atoms with van der Waals surface area (Å²) in [5.74, 6) is 0.249. The molecule has 2 aromatic rings. The number of fused-ring (bicyclic) bond motifs is 1. The van der Waals surface area contributed by atoms with Gasteiger partial charge in [-0.05, 0) is 24.3 Å². The molecule has 1 aromatic carbocycles. The topological polar surface area (TPSA) is 51.2 Å². The number of halogens is 1. The monoisotopic (exact) mass is 210 g/mol. The Hall–Kier alpha value is -1.19. The fourth-order valence-corrected chi connectivity index (χ4v) is 1.87. The second kappa shape index (κ2) is 3.52. The van der Waals surface area contributed by atoms with Gasteiger partial charge in [0.15, 0.2) is 0 Å². The Labute approximate surface area is 86.7 Å². The molecular weight excluding hydrogens is 200 g/mol. The smallest absolute Gasteiger partial charge is 0.116 e. The summed E-state index contributed by atoms with van der Waals surface area (Å²) in [6.07, 6.45) is 0. The van der Waals surface area contributed by atoms with Gasteiger partial charge in [-0.2, -0.15) is 0 Å². The van der Waals surface area contributed by atoms with Gasteiger partial charge in [0.2, 0.25) is 0 Å². The zero-order valence-electron chi connectivity index (χ0n) is 7.57. The van der Waals surface area contributed by atoms with E-state index in [-0.39, 0.29) is 5.75 Å². The van der Waals surface area contributed by atoms with Crippen LogP contribution in [0.3, 0.4) is 0 Å². The summed E-state index contributed by atoms with van der Waals surface area (Å²) in [6, 6.07) is 7.00. The van der Waals surface area contributed by atoms with E-state index in [9.17, 15) is 5.11 Å². The van der Waals surface area contributed by atoms with Gasteiger partial charge in [0.1, 0.15) is 10.9 Å². The molecule has 0 aliphatic carbocycles. The van der Waals surface area contributed by atoms with Gasteiger partial charge in [0, 0.05) is 24.0 Å². The lowest BCUT2D eigenvalue weighted by molar-refractivity contribution is 0.476. The first-order valence-corrected chi connectivity index (χ1v) is 4.78. The molecule has 0 bridgehead atoms. The summed E-state index contributed by atoms with van der Waals surface area (Å²) >= 11 is 6.02. The third-order valence-corrected chi connectivity index (χ3v) is 2.50. The van der Waals surface area contributed by atoms with Crippen molar-refractivity contribution in [2.24, 2.45) is 5.73 Å². The molecule has 74 valence electrons. The van der Waals surface area contributed by atoms with Gasteiger partial charge in [0.05, 0.1) is 0 Å². The fourth-order valence-electron chi connectivity index (χ4n) is 1.58. The van der Waals surface area contributed by atoms with E-state index >= 15 is 0 Å². The SMILES string of the molecule is NCCn1c(Cl)cc2cc(O)ccc21. The van der Waals surface area contributed by atoms with Crippen LogP contribution < -0.4 is 5.73 Å². The summed E-state index contributed by atoms with van der Waals surface area (Å²) in [5.41, 5.74) is 6.48. The van der Waals surface area contributed by atoms with E-state index in [4.69, 9.17) is 17.3 Å². The Balaban J connectivity index is 2.64. The minimum absolute atomic E-state index is 0.249. The molecule has 1 heterocycles. The van der Waals surface area contributed by atoms with Gasteiger partial charge in [0.25, 0.3) is 0 Å². The third-order valence-electron chi connectivity index (χ3n) is 2.19. The van der Waals surface area contributed by atoms with E-state index in [1.807, 2.05) is 16.7 Å². The predicted octanol–water partition coefficient (Wildman–Crippen LogP) is 1.96. The lowest BCUT2D eigenvalue weighted by atomic mass is 10.2. The van der Waals surface area contributed by atoms with Crippen LogP contribution in [-0.4, -0.2) is 16.2 Å². The summed E-state index contributed by atoms with van der Waals surface area (Å²) in [7, 11) is 0. The Morgan fingerprint density at radius 1 is 1.36 bits per heavy atom.